The van der Waals surface area contributed by atoms with Crippen LogP contribution in [0.2, 0.25) is 0 Å². The lowest BCUT2D eigenvalue weighted by atomic mass is 10.1. The average molecular weight is 367 g/mol. The lowest BCUT2D eigenvalue weighted by Crippen LogP contribution is -2.13. The van der Waals surface area contributed by atoms with Crippen molar-refractivity contribution in [3.05, 3.63) is 78.4 Å². The summed E-state index contributed by atoms with van der Waals surface area (Å²) in [5.74, 6) is -0.507. The molecular formula is C20H17NO4S. The topological polar surface area (TPSA) is 72.5 Å². The van der Waals surface area contributed by atoms with Crippen molar-refractivity contribution in [1.82, 2.24) is 0 Å². The van der Waals surface area contributed by atoms with Gasteiger partial charge in [-0.25, -0.2) is 13.2 Å². The van der Waals surface area contributed by atoms with E-state index in [1.807, 2.05) is 30.3 Å². The van der Waals surface area contributed by atoms with Gasteiger partial charge in [-0.1, -0.05) is 48.5 Å². The average Bonchev–Trinajstić information content (AvgIpc) is 2.66. The summed E-state index contributed by atoms with van der Waals surface area (Å²) in [7, 11) is -2.49. The van der Waals surface area contributed by atoms with Gasteiger partial charge in [0.25, 0.3) is 10.0 Å². The molecule has 0 bridgehead atoms. The zero-order valence-corrected chi connectivity index (χ0v) is 14.9. The number of sulfonamides is 1. The van der Waals surface area contributed by atoms with Crippen LogP contribution < -0.4 is 4.72 Å². The Kier molecular flexibility index (Phi) is 5.04. The van der Waals surface area contributed by atoms with Crippen LogP contribution in [0.5, 0.6) is 0 Å². The Balaban J connectivity index is 1.93. The lowest BCUT2D eigenvalue weighted by molar-refractivity contribution is -0.134. The number of fused-ring (bicyclic) bond motifs is 1. The van der Waals surface area contributed by atoms with Crippen molar-refractivity contribution >= 4 is 38.5 Å². The second-order valence-electron chi connectivity index (χ2n) is 5.56. The van der Waals surface area contributed by atoms with Gasteiger partial charge in [0.05, 0.1) is 17.7 Å². The van der Waals surface area contributed by atoms with Crippen LogP contribution in [0.1, 0.15) is 5.56 Å². The van der Waals surface area contributed by atoms with Crippen LogP contribution in [0.3, 0.4) is 0 Å². The first-order valence-electron chi connectivity index (χ1n) is 7.86. The molecule has 0 aliphatic rings. The third kappa shape index (κ3) is 3.92. The van der Waals surface area contributed by atoms with Crippen molar-refractivity contribution in [1.29, 1.82) is 0 Å². The molecule has 0 aromatic heterocycles. The summed E-state index contributed by atoms with van der Waals surface area (Å²) in [4.78, 5) is 11.3. The summed E-state index contributed by atoms with van der Waals surface area (Å²) in [6.07, 6.45) is 2.74. The van der Waals surface area contributed by atoms with E-state index < -0.39 is 16.0 Å². The number of methoxy groups -OCH3 is 1. The molecule has 6 heteroatoms. The number of hydrogen-bond acceptors (Lipinski definition) is 4. The number of nitrogens with one attached hydrogen (secondary N) is 1. The maximum Gasteiger partial charge on any atom is 0.330 e. The summed E-state index contributed by atoms with van der Waals surface area (Å²) < 4.78 is 32.7. The molecule has 132 valence electrons. The summed E-state index contributed by atoms with van der Waals surface area (Å²) >= 11 is 0. The molecule has 0 radical (unpaired) electrons. The zero-order valence-electron chi connectivity index (χ0n) is 14.0. The van der Waals surface area contributed by atoms with Gasteiger partial charge in [0.15, 0.2) is 0 Å². The van der Waals surface area contributed by atoms with Crippen LogP contribution in [0.25, 0.3) is 16.8 Å². The Hall–Kier alpha value is -3.12. The fourth-order valence-corrected chi connectivity index (χ4v) is 3.67. The SMILES string of the molecule is COC(=O)/C=C/c1cccc(S(=O)(=O)Nc2cccc3ccccc23)c1. The Morgan fingerprint density at radius 2 is 1.73 bits per heavy atom. The smallest absolute Gasteiger partial charge is 0.330 e. The van der Waals surface area contributed by atoms with Crippen molar-refractivity contribution in [3.8, 4) is 0 Å². The van der Waals surface area contributed by atoms with E-state index in [4.69, 9.17) is 0 Å². The summed E-state index contributed by atoms with van der Waals surface area (Å²) in [5, 5.41) is 1.77. The van der Waals surface area contributed by atoms with Crippen molar-refractivity contribution in [2.75, 3.05) is 11.8 Å². The Morgan fingerprint density at radius 3 is 2.54 bits per heavy atom. The van der Waals surface area contributed by atoms with Crippen LogP contribution in [0, 0.1) is 0 Å². The molecule has 0 amide bonds. The Morgan fingerprint density at radius 1 is 1.00 bits per heavy atom. The predicted octanol–water partition coefficient (Wildman–Crippen LogP) is 3.83. The molecule has 3 aromatic rings. The normalized spacial score (nSPS) is 11.6. The van der Waals surface area contributed by atoms with Crippen molar-refractivity contribution < 1.29 is 17.9 Å². The first-order chi connectivity index (χ1) is 12.5. The van der Waals surface area contributed by atoms with Crippen LogP contribution in [0.15, 0.2) is 77.7 Å². The first-order valence-corrected chi connectivity index (χ1v) is 9.34. The second kappa shape index (κ2) is 7.41. The largest absolute Gasteiger partial charge is 0.466 e. The number of ether oxygens (including phenoxy) is 1. The van der Waals surface area contributed by atoms with Gasteiger partial charge in [0.1, 0.15) is 0 Å². The number of anilines is 1. The third-order valence-electron chi connectivity index (χ3n) is 3.82. The van der Waals surface area contributed by atoms with Gasteiger partial charge in [-0.15, -0.1) is 0 Å². The zero-order chi connectivity index (χ0) is 18.6. The lowest BCUT2D eigenvalue weighted by Gasteiger charge is -2.11. The number of hydrogen-bond donors (Lipinski definition) is 1. The fraction of sp³-hybridized carbons (Fsp3) is 0.0500. The van der Waals surface area contributed by atoms with Crippen LogP contribution in [0.4, 0.5) is 5.69 Å². The van der Waals surface area contributed by atoms with Gasteiger partial charge < -0.3 is 4.74 Å². The molecular weight excluding hydrogens is 350 g/mol. The van der Waals surface area contributed by atoms with Gasteiger partial charge in [-0.2, -0.15) is 0 Å². The van der Waals surface area contributed by atoms with E-state index in [-0.39, 0.29) is 4.90 Å². The van der Waals surface area contributed by atoms with Crippen LogP contribution in [-0.4, -0.2) is 21.5 Å². The molecule has 3 aromatic carbocycles. The van der Waals surface area contributed by atoms with Crippen LogP contribution >= 0.6 is 0 Å². The minimum absolute atomic E-state index is 0.109. The highest BCUT2D eigenvalue weighted by atomic mass is 32.2. The third-order valence-corrected chi connectivity index (χ3v) is 5.18. The van der Waals surface area contributed by atoms with Crippen molar-refractivity contribution in [3.63, 3.8) is 0 Å². The summed E-state index contributed by atoms with van der Waals surface area (Å²) in [5.41, 5.74) is 1.09. The molecule has 0 aliphatic heterocycles. The molecule has 1 N–H and O–H groups in total. The van der Waals surface area contributed by atoms with Gasteiger partial charge in [0.2, 0.25) is 0 Å². The maximum atomic E-state index is 12.8. The number of carbonyl (C=O) groups is 1. The minimum Gasteiger partial charge on any atom is -0.466 e. The quantitative estimate of drug-likeness (QED) is 0.549. The molecule has 3 rings (SSSR count). The van der Waals surface area contributed by atoms with Gasteiger partial charge in [0, 0.05) is 11.5 Å². The summed E-state index contributed by atoms with van der Waals surface area (Å²) in [6.45, 7) is 0. The second-order valence-corrected chi connectivity index (χ2v) is 7.24. The molecule has 0 atom stereocenters. The van der Waals surface area contributed by atoms with Gasteiger partial charge >= 0.3 is 5.97 Å². The molecule has 0 saturated heterocycles. The predicted molar refractivity (Wildman–Crippen MR) is 102 cm³/mol. The molecule has 0 saturated carbocycles. The van der Waals surface area contributed by atoms with Crippen molar-refractivity contribution in [2.24, 2.45) is 0 Å². The number of carbonyl (C=O) groups excluding carboxylic acids is 1. The number of benzene rings is 3. The van der Waals surface area contributed by atoms with E-state index in [0.717, 1.165) is 10.8 Å². The molecule has 0 aliphatic carbocycles. The van der Waals surface area contributed by atoms with E-state index in [1.165, 1.54) is 31.4 Å². The minimum atomic E-state index is -3.77. The highest BCUT2D eigenvalue weighted by Gasteiger charge is 2.15. The molecule has 5 nitrogen and oxygen atoms in total. The van der Waals surface area contributed by atoms with E-state index in [0.29, 0.717) is 11.3 Å². The Labute approximate surface area is 152 Å². The fourth-order valence-electron chi connectivity index (χ4n) is 2.54. The highest BCUT2D eigenvalue weighted by Crippen LogP contribution is 2.25. The van der Waals surface area contributed by atoms with E-state index in [2.05, 4.69) is 9.46 Å². The Bertz CT molecular complexity index is 1080. The molecule has 0 heterocycles. The monoisotopic (exact) mass is 367 g/mol. The molecule has 0 fully saturated rings. The van der Waals surface area contributed by atoms with E-state index in [9.17, 15) is 13.2 Å². The van der Waals surface area contributed by atoms with Gasteiger partial charge in [-0.3, -0.25) is 4.72 Å². The first kappa shape index (κ1) is 17.7. The molecule has 0 spiro atoms. The van der Waals surface area contributed by atoms with Crippen LogP contribution in [-0.2, 0) is 19.6 Å². The highest BCUT2D eigenvalue weighted by molar-refractivity contribution is 7.92. The van der Waals surface area contributed by atoms with E-state index >= 15 is 0 Å². The maximum absolute atomic E-state index is 12.8. The molecule has 26 heavy (non-hydrogen) atoms. The molecule has 0 unspecified atom stereocenters. The van der Waals surface area contributed by atoms with Crippen molar-refractivity contribution in [2.45, 2.75) is 4.90 Å². The van der Waals surface area contributed by atoms with E-state index in [1.54, 1.807) is 24.3 Å². The standard InChI is InChI=1S/C20H17NO4S/c1-25-20(22)13-12-15-6-4-9-17(14-15)26(23,24)21-19-11-5-8-16-7-2-3-10-18(16)19/h2-14,21H,1H3/b13-12+. The van der Waals surface area contributed by atoms with Gasteiger partial charge in [-0.05, 0) is 35.2 Å². The number of rotatable bonds is 5. The number of esters is 1. The summed E-state index contributed by atoms with van der Waals surface area (Å²) in [6, 6.07) is 19.3.